The maximum atomic E-state index is 12.9. The first-order valence-electron chi connectivity index (χ1n) is 27.6. The number of aliphatic hydroxyl groups excluding tert-OH is 3. The minimum atomic E-state index is -5.08. The lowest BCUT2D eigenvalue weighted by molar-refractivity contribution is -0.301. The Bertz CT molecular complexity index is 1660. The van der Waals surface area contributed by atoms with Gasteiger partial charge in [0.25, 0.3) is 0 Å². The van der Waals surface area contributed by atoms with Crippen LogP contribution in [0.4, 0.5) is 0 Å². The number of hydrogen-bond donors (Lipinski definition) is 4. The van der Waals surface area contributed by atoms with Crippen molar-refractivity contribution in [2.45, 2.75) is 230 Å². The molecule has 72 heavy (non-hydrogen) atoms. The van der Waals surface area contributed by atoms with Crippen LogP contribution in [-0.2, 0) is 38.3 Å². The maximum Gasteiger partial charge on any atom is 0.397 e. The van der Waals surface area contributed by atoms with Crippen molar-refractivity contribution in [1.29, 1.82) is 0 Å². The Balaban J connectivity index is 2.33. The van der Waals surface area contributed by atoms with Crippen LogP contribution in [0.1, 0.15) is 194 Å². The quantitative estimate of drug-likeness (QED) is 0.0197. The molecule has 0 aliphatic carbocycles. The van der Waals surface area contributed by atoms with Crippen molar-refractivity contribution >= 4 is 16.4 Å². The standard InChI is InChI=1S/C59H98O12S/c1-3-5-7-9-11-13-15-17-19-21-23-24-25-26-27-28-29-31-33-35-37-39-41-43-45-47-49-67-51-53(52-68-59-57(63)58(71-72(64,65)66)56(62)54(50-60)70-59)69-55(61)48-46-44-42-40-38-36-34-32-30-22-20-18-16-14-12-10-8-6-4-2/h5-8,11-14,17-20,23-24,30,32,36,38,53-54,56-60,62-63H,3-4,9-10,15-16,21-22,25-29,31,33-35,37,39-52H2,1-2H3,(H,64,65,66)/b7-5-,8-6-,13-11-,14-12-,19-17-,20-18-,24-23-,32-30-,38-36-. The van der Waals surface area contributed by atoms with Gasteiger partial charge in [-0.15, -0.1) is 0 Å². The summed E-state index contributed by atoms with van der Waals surface area (Å²) in [7, 11) is -5.08. The fourth-order valence-electron chi connectivity index (χ4n) is 7.81. The van der Waals surface area contributed by atoms with E-state index in [2.05, 4.69) is 127 Å². The normalized spacial score (nSPS) is 19.8. The van der Waals surface area contributed by atoms with E-state index in [0.717, 1.165) is 96.3 Å². The van der Waals surface area contributed by atoms with E-state index in [-0.39, 0.29) is 19.6 Å². The highest BCUT2D eigenvalue weighted by atomic mass is 32.3. The summed E-state index contributed by atoms with van der Waals surface area (Å²) >= 11 is 0. The molecule has 0 aromatic heterocycles. The first-order chi connectivity index (χ1) is 35.1. The van der Waals surface area contributed by atoms with E-state index in [4.69, 9.17) is 18.9 Å². The Morgan fingerprint density at radius 2 is 0.917 bits per heavy atom. The van der Waals surface area contributed by atoms with Gasteiger partial charge in [0.2, 0.25) is 0 Å². The fourth-order valence-corrected chi connectivity index (χ4v) is 8.32. The van der Waals surface area contributed by atoms with Crippen molar-refractivity contribution in [3.8, 4) is 0 Å². The van der Waals surface area contributed by atoms with Crippen LogP contribution in [0.5, 0.6) is 0 Å². The summed E-state index contributed by atoms with van der Waals surface area (Å²) in [5, 5.41) is 30.8. The van der Waals surface area contributed by atoms with Crippen LogP contribution in [0, 0.1) is 0 Å². The second-order valence-corrected chi connectivity index (χ2v) is 19.5. The van der Waals surface area contributed by atoms with Crippen LogP contribution in [-0.4, -0.2) is 97.5 Å². The minimum absolute atomic E-state index is 0.0148. The Morgan fingerprint density at radius 1 is 0.528 bits per heavy atom. The lowest BCUT2D eigenvalue weighted by Crippen LogP contribution is -2.60. The monoisotopic (exact) mass is 1030 g/mol. The molecule has 1 rings (SSSR count). The molecular weight excluding hydrogens is 933 g/mol. The fraction of sp³-hybridized carbons (Fsp3) is 0.678. The molecule has 1 aliphatic heterocycles. The van der Waals surface area contributed by atoms with Gasteiger partial charge in [0.1, 0.15) is 30.5 Å². The van der Waals surface area contributed by atoms with Crippen LogP contribution >= 0.6 is 0 Å². The maximum absolute atomic E-state index is 12.9. The van der Waals surface area contributed by atoms with E-state index >= 15 is 0 Å². The second-order valence-electron chi connectivity index (χ2n) is 18.4. The van der Waals surface area contributed by atoms with Crippen molar-refractivity contribution < 1.29 is 56.2 Å². The van der Waals surface area contributed by atoms with E-state index in [9.17, 15) is 33.1 Å². The average Bonchev–Trinajstić information content (AvgIpc) is 3.36. The van der Waals surface area contributed by atoms with Gasteiger partial charge in [-0.2, -0.15) is 8.42 Å². The van der Waals surface area contributed by atoms with Gasteiger partial charge in [-0.25, -0.2) is 4.18 Å². The molecule has 4 N–H and O–H groups in total. The molecule has 0 aromatic rings. The summed E-state index contributed by atoms with van der Waals surface area (Å²) in [6, 6.07) is 0. The third-order valence-corrected chi connectivity index (χ3v) is 12.4. The molecule has 1 saturated heterocycles. The lowest BCUT2D eigenvalue weighted by atomic mass is 9.99. The molecule has 412 valence electrons. The molecule has 6 atom stereocenters. The minimum Gasteiger partial charge on any atom is -0.457 e. The highest BCUT2D eigenvalue weighted by Crippen LogP contribution is 2.26. The molecule has 1 heterocycles. The Hall–Kier alpha value is -3.24. The van der Waals surface area contributed by atoms with E-state index in [1.54, 1.807) is 0 Å². The number of hydrogen-bond acceptors (Lipinski definition) is 11. The number of allylic oxidation sites excluding steroid dienone is 18. The predicted molar refractivity (Wildman–Crippen MR) is 294 cm³/mol. The number of ether oxygens (including phenoxy) is 4. The Morgan fingerprint density at radius 3 is 1.33 bits per heavy atom. The molecule has 0 aromatic carbocycles. The number of carbonyl (C=O) groups is 1. The van der Waals surface area contributed by atoms with Crippen molar-refractivity contribution in [3.05, 3.63) is 109 Å². The molecule has 13 heteroatoms. The van der Waals surface area contributed by atoms with E-state index in [0.29, 0.717) is 13.0 Å². The number of unbranched alkanes of at least 4 members (excludes halogenated alkanes) is 16. The molecule has 0 spiro atoms. The van der Waals surface area contributed by atoms with E-state index < -0.39 is 59.8 Å². The van der Waals surface area contributed by atoms with Gasteiger partial charge in [-0.3, -0.25) is 9.35 Å². The summed E-state index contributed by atoms with van der Waals surface area (Å²) in [5.74, 6) is -0.433. The van der Waals surface area contributed by atoms with Crippen LogP contribution in [0.25, 0.3) is 0 Å². The zero-order valence-corrected chi connectivity index (χ0v) is 45.3. The SMILES string of the molecule is CC/C=C\C/C=C\C/C=C\C/C=C\C/C=C\CCCCCC(=O)OC(COCCCCCCCCCCCCCCC/C=C\C/C=C\C/C=C\C/C=C\CC)COC1OC(CO)C(O)C(OS(=O)(=O)O)C1O. The van der Waals surface area contributed by atoms with Crippen molar-refractivity contribution in [3.63, 3.8) is 0 Å². The average molecular weight is 1030 g/mol. The Kier molecular flexibility index (Phi) is 45.2. The van der Waals surface area contributed by atoms with Crippen LogP contribution in [0.15, 0.2) is 109 Å². The number of esters is 1. The number of rotatable bonds is 47. The number of aliphatic hydroxyl groups is 3. The molecule has 12 nitrogen and oxygen atoms in total. The largest absolute Gasteiger partial charge is 0.457 e. The van der Waals surface area contributed by atoms with Gasteiger partial charge in [-0.1, -0.05) is 200 Å². The van der Waals surface area contributed by atoms with Gasteiger partial charge >= 0.3 is 16.4 Å². The zero-order chi connectivity index (χ0) is 52.4. The summed E-state index contributed by atoms with van der Waals surface area (Å²) in [6.07, 6.45) is 59.8. The van der Waals surface area contributed by atoms with Crippen molar-refractivity contribution in [1.82, 2.24) is 0 Å². The Labute approximate surface area is 437 Å². The first-order valence-corrected chi connectivity index (χ1v) is 29.0. The van der Waals surface area contributed by atoms with Gasteiger partial charge in [0.05, 0.1) is 19.8 Å². The summed E-state index contributed by atoms with van der Waals surface area (Å²) in [4.78, 5) is 12.9. The smallest absolute Gasteiger partial charge is 0.397 e. The topological polar surface area (TPSA) is 178 Å². The molecule has 1 fully saturated rings. The van der Waals surface area contributed by atoms with Gasteiger partial charge < -0.3 is 34.3 Å². The molecule has 1 aliphatic rings. The van der Waals surface area contributed by atoms with Gasteiger partial charge in [0.15, 0.2) is 6.29 Å². The number of carbonyl (C=O) groups excluding carboxylic acids is 1. The lowest BCUT2D eigenvalue weighted by Gasteiger charge is -2.41. The molecule has 0 amide bonds. The zero-order valence-electron chi connectivity index (χ0n) is 44.4. The van der Waals surface area contributed by atoms with E-state index in [1.807, 2.05) is 0 Å². The summed E-state index contributed by atoms with van der Waals surface area (Å²) in [6.45, 7) is 3.72. The van der Waals surface area contributed by atoms with Crippen LogP contribution in [0.2, 0.25) is 0 Å². The van der Waals surface area contributed by atoms with Gasteiger partial charge in [0, 0.05) is 13.0 Å². The third-order valence-electron chi connectivity index (χ3n) is 11.9. The summed E-state index contributed by atoms with van der Waals surface area (Å²) < 4.78 is 59.3. The van der Waals surface area contributed by atoms with Gasteiger partial charge in [-0.05, 0) is 96.3 Å². The van der Waals surface area contributed by atoms with Crippen LogP contribution in [0.3, 0.4) is 0 Å². The van der Waals surface area contributed by atoms with E-state index in [1.165, 1.54) is 70.6 Å². The molecule has 0 bridgehead atoms. The predicted octanol–water partition coefficient (Wildman–Crippen LogP) is 13.5. The highest BCUT2D eigenvalue weighted by molar-refractivity contribution is 7.80. The highest BCUT2D eigenvalue weighted by Gasteiger charge is 2.48. The molecule has 0 radical (unpaired) electrons. The molecular formula is C59H98O12S. The van der Waals surface area contributed by atoms with Crippen LogP contribution < -0.4 is 0 Å². The molecule has 6 unspecified atom stereocenters. The van der Waals surface area contributed by atoms with Crippen molar-refractivity contribution in [2.75, 3.05) is 26.4 Å². The van der Waals surface area contributed by atoms with Crippen molar-refractivity contribution in [2.24, 2.45) is 0 Å². The second kappa shape index (κ2) is 48.7. The molecule has 0 saturated carbocycles. The summed E-state index contributed by atoms with van der Waals surface area (Å²) in [5.41, 5.74) is 0. The first kappa shape index (κ1) is 66.8. The third kappa shape index (κ3) is 41.1.